The van der Waals surface area contributed by atoms with Crippen molar-refractivity contribution in [3.05, 3.63) is 75.8 Å². The van der Waals surface area contributed by atoms with E-state index in [0.29, 0.717) is 29.6 Å². The zero-order valence-corrected chi connectivity index (χ0v) is 15.8. The van der Waals surface area contributed by atoms with Crippen molar-refractivity contribution in [2.45, 2.75) is 12.7 Å². The lowest BCUT2D eigenvalue weighted by Gasteiger charge is -2.11. The van der Waals surface area contributed by atoms with Crippen molar-refractivity contribution in [3.63, 3.8) is 0 Å². The van der Waals surface area contributed by atoms with E-state index in [4.69, 9.17) is 20.4 Å². The van der Waals surface area contributed by atoms with Crippen molar-refractivity contribution < 1.29 is 22.0 Å². The van der Waals surface area contributed by atoms with E-state index < -0.39 is 17.4 Å². The van der Waals surface area contributed by atoms with Crippen LogP contribution in [0.15, 0.2) is 67.3 Å². The smallest absolute Gasteiger partial charge is 0.417 e. The molecule has 0 spiro atoms. The maximum Gasteiger partial charge on any atom is 0.417 e. The highest BCUT2D eigenvalue weighted by atomic mass is 19.4. The maximum atomic E-state index is 13.2. The second-order valence-electron chi connectivity index (χ2n) is 6.65. The Morgan fingerprint density at radius 1 is 1.03 bits per heavy atom. The number of benzene rings is 2. The van der Waals surface area contributed by atoms with Crippen LogP contribution < -0.4 is 28.1 Å². The number of anilines is 1. The van der Waals surface area contributed by atoms with Crippen LogP contribution in [0.5, 0.6) is 0 Å². The molecule has 6 N–H and O–H groups in total. The first kappa shape index (κ1) is 20.3. The van der Waals surface area contributed by atoms with Crippen molar-refractivity contribution in [2.24, 2.45) is 16.7 Å². The Kier molecular flexibility index (Phi) is 5.03. The number of fused-ring (bicyclic) bond motifs is 2. The molecule has 0 amide bonds. The van der Waals surface area contributed by atoms with Crippen LogP contribution >= 0.6 is 0 Å². The zero-order valence-electron chi connectivity index (χ0n) is 15.8. The van der Waals surface area contributed by atoms with E-state index in [2.05, 4.69) is 16.0 Å². The van der Waals surface area contributed by atoms with E-state index in [9.17, 15) is 18.0 Å². The number of hydrogen-bond acceptors (Lipinski definition) is 7. The summed E-state index contributed by atoms with van der Waals surface area (Å²) < 4.78 is 50.1. The summed E-state index contributed by atoms with van der Waals surface area (Å²) in [6.07, 6.45) is -4.66. The summed E-state index contributed by atoms with van der Waals surface area (Å²) in [6, 6.07) is 11.7. The number of nitrogens with one attached hydrogen (secondary N) is 2. The van der Waals surface area contributed by atoms with Gasteiger partial charge in [-0.15, -0.1) is 5.10 Å². The van der Waals surface area contributed by atoms with Gasteiger partial charge in [0.2, 0.25) is 0 Å². The Morgan fingerprint density at radius 3 is 2.58 bits per heavy atom. The summed E-state index contributed by atoms with van der Waals surface area (Å²) in [7, 11) is 0. The molecule has 0 unspecified atom stereocenters. The van der Waals surface area contributed by atoms with Gasteiger partial charge in [0, 0.05) is 35.1 Å². The van der Waals surface area contributed by atoms with Crippen LogP contribution in [-0.2, 0) is 12.7 Å². The highest BCUT2D eigenvalue weighted by molar-refractivity contribution is 5.98. The van der Waals surface area contributed by atoms with Gasteiger partial charge in [0.15, 0.2) is 11.6 Å². The fourth-order valence-corrected chi connectivity index (χ4v) is 3.15. The molecule has 0 radical (unpaired) electrons. The summed E-state index contributed by atoms with van der Waals surface area (Å²) in [4.78, 5) is 11.5. The number of hydrazone groups is 1. The minimum Gasteiger partial charge on any atom is -0.453 e. The molecule has 0 bridgehead atoms. The molecule has 0 aliphatic carbocycles. The largest absolute Gasteiger partial charge is 0.453 e. The van der Waals surface area contributed by atoms with Crippen LogP contribution in [0.25, 0.3) is 21.9 Å². The van der Waals surface area contributed by atoms with Gasteiger partial charge in [-0.2, -0.15) is 13.2 Å². The van der Waals surface area contributed by atoms with E-state index in [-0.39, 0.29) is 16.8 Å². The first-order chi connectivity index (χ1) is 14.7. The molecule has 0 aliphatic rings. The van der Waals surface area contributed by atoms with Crippen molar-refractivity contribution in [1.29, 1.82) is 0 Å². The van der Waals surface area contributed by atoms with E-state index in [0.717, 1.165) is 10.9 Å². The van der Waals surface area contributed by atoms with Gasteiger partial charge in [0.05, 0.1) is 5.56 Å². The molecule has 31 heavy (non-hydrogen) atoms. The summed E-state index contributed by atoms with van der Waals surface area (Å²) in [5.41, 5.74) is 7.48. The average Bonchev–Trinajstić information content (AvgIpc) is 3.14. The van der Waals surface area contributed by atoms with Crippen LogP contribution in [0, 0.1) is 0 Å². The molecule has 0 saturated heterocycles. The molecule has 4 aromatic rings. The number of halogens is 3. The SMILES string of the molecule is NN/N=C(\N)c1cc2ccc(CNc3ccc4c(C(F)(F)F)cc(=O)oc4c3)cc2o1. The first-order valence-electron chi connectivity index (χ1n) is 8.95. The Hall–Kier alpha value is -3.99. The van der Waals surface area contributed by atoms with Gasteiger partial charge in [-0.25, -0.2) is 16.2 Å². The molecular weight excluding hydrogens is 415 g/mol. The summed E-state index contributed by atoms with van der Waals surface area (Å²) in [5.74, 6) is 5.55. The number of amidine groups is 1. The van der Waals surface area contributed by atoms with Crippen molar-refractivity contribution in [2.75, 3.05) is 5.32 Å². The van der Waals surface area contributed by atoms with E-state index in [1.54, 1.807) is 12.1 Å². The van der Waals surface area contributed by atoms with Gasteiger partial charge < -0.3 is 19.9 Å². The maximum absolute atomic E-state index is 13.2. The Morgan fingerprint density at radius 2 is 1.84 bits per heavy atom. The predicted octanol–water partition coefficient (Wildman–Crippen LogP) is 3.25. The standard InChI is InChI=1S/C20H16F3N5O3/c21-20(22,23)14-8-18(29)31-16-7-12(3-4-13(14)16)26-9-10-1-2-11-6-17(19(24)27-28-25)30-15(11)5-10/h1-8,26,28H,9,25H2,(H2,24,27). The Labute approximate surface area is 172 Å². The van der Waals surface area contributed by atoms with Gasteiger partial charge >= 0.3 is 11.8 Å². The zero-order chi connectivity index (χ0) is 22.2. The third-order valence-electron chi connectivity index (χ3n) is 4.57. The minimum absolute atomic E-state index is 0.0919. The van der Waals surface area contributed by atoms with Crippen molar-refractivity contribution in [3.8, 4) is 0 Å². The minimum atomic E-state index is -4.66. The van der Waals surface area contributed by atoms with Crippen LogP contribution in [0.2, 0.25) is 0 Å². The Balaban J connectivity index is 1.58. The molecule has 0 aliphatic heterocycles. The lowest BCUT2D eigenvalue weighted by Crippen LogP contribution is -2.22. The number of nitrogens with two attached hydrogens (primary N) is 2. The second-order valence-corrected chi connectivity index (χ2v) is 6.65. The first-order valence-corrected chi connectivity index (χ1v) is 8.95. The van der Waals surface area contributed by atoms with Crippen molar-refractivity contribution >= 4 is 33.5 Å². The summed E-state index contributed by atoms with van der Waals surface area (Å²) >= 11 is 0. The molecule has 2 aromatic heterocycles. The third-order valence-corrected chi connectivity index (χ3v) is 4.57. The molecular formula is C20H16F3N5O3. The fourth-order valence-electron chi connectivity index (χ4n) is 3.15. The quantitative estimate of drug-likeness (QED) is 0.125. The lowest BCUT2D eigenvalue weighted by atomic mass is 10.1. The molecule has 2 aromatic carbocycles. The highest BCUT2D eigenvalue weighted by Crippen LogP contribution is 2.34. The number of nitrogens with zero attached hydrogens (tertiary/aromatic N) is 1. The van der Waals surface area contributed by atoms with Crippen LogP contribution in [0.1, 0.15) is 16.9 Å². The van der Waals surface area contributed by atoms with Gasteiger partial charge in [0.1, 0.15) is 11.2 Å². The predicted molar refractivity (Wildman–Crippen MR) is 109 cm³/mol. The monoisotopic (exact) mass is 431 g/mol. The average molecular weight is 431 g/mol. The molecule has 4 rings (SSSR count). The van der Waals surface area contributed by atoms with E-state index >= 15 is 0 Å². The second kappa shape index (κ2) is 7.69. The molecule has 0 atom stereocenters. The Bertz CT molecular complexity index is 1360. The number of furan rings is 1. The van der Waals surface area contributed by atoms with E-state index in [1.807, 2.05) is 12.1 Å². The number of hydrogen-bond donors (Lipinski definition) is 4. The summed E-state index contributed by atoms with van der Waals surface area (Å²) in [6.45, 7) is 0.342. The number of rotatable bonds is 5. The molecule has 0 fully saturated rings. The van der Waals surface area contributed by atoms with Crippen LogP contribution in [0.4, 0.5) is 18.9 Å². The van der Waals surface area contributed by atoms with Crippen LogP contribution in [0.3, 0.4) is 0 Å². The van der Waals surface area contributed by atoms with Gasteiger partial charge in [0.25, 0.3) is 0 Å². The van der Waals surface area contributed by atoms with Gasteiger partial charge in [-0.3, -0.25) is 0 Å². The highest BCUT2D eigenvalue weighted by Gasteiger charge is 2.33. The van der Waals surface area contributed by atoms with Gasteiger partial charge in [-0.05, 0) is 29.8 Å². The fraction of sp³-hybridized carbons (Fsp3) is 0.100. The number of alkyl halides is 3. The summed E-state index contributed by atoms with van der Waals surface area (Å²) in [5, 5.41) is 7.36. The molecule has 2 heterocycles. The lowest BCUT2D eigenvalue weighted by molar-refractivity contribution is -0.136. The third kappa shape index (κ3) is 4.16. The molecule has 160 valence electrons. The molecule has 11 heteroatoms. The molecule has 0 saturated carbocycles. The van der Waals surface area contributed by atoms with Gasteiger partial charge in [-0.1, -0.05) is 12.1 Å². The van der Waals surface area contributed by atoms with Crippen molar-refractivity contribution in [1.82, 2.24) is 5.53 Å². The molecule has 8 nitrogen and oxygen atoms in total. The normalized spacial score (nSPS) is 12.5. The van der Waals surface area contributed by atoms with Crippen LogP contribution in [-0.4, -0.2) is 5.84 Å². The topological polar surface area (TPSA) is 132 Å². The number of hydrazine groups is 1. The van der Waals surface area contributed by atoms with E-state index in [1.165, 1.54) is 18.2 Å².